The van der Waals surface area contributed by atoms with Gasteiger partial charge in [0, 0.05) is 17.3 Å². The Morgan fingerprint density at radius 3 is 2.24 bits per heavy atom. The van der Waals surface area contributed by atoms with E-state index in [1.54, 1.807) is 6.20 Å². The Labute approximate surface area is 170 Å². The van der Waals surface area contributed by atoms with Gasteiger partial charge >= 0.3 is 0 Å². The third-order valence-corrected chi connectivity index (χ3v) is 5.37. The predicted molar refractivity (Wildman–Crippen MR) is 116 cm³/mol. The Bertz CT molecular complexity index is 1060. The van der Waals surface area contributed by atoms with Gasteiger partial charge in [0.05, 0.1) is 23.0 Å². The van der Waals surface area contributed by atoms with E-state index in [4.69, 9.17) is 0 Å². The molecule has 0 spiro atoms. The van der Waals surface area contributed by atoms with E-state index in [9.17, 15) is 9.59 Å². The first-order valence-corrected chi connectivity index (χ1v) is 9.89. The number of fused-ring (bicyclic) bond motifs is 1. The molecule has 2 amide bonds. The van der Waals surface area contributed by atoms with Crippen molar-refractivity contribution in [3.63, 3.8) is 0 Å². The van der Waals surface area contributed by atoms with Gasteiger partial charge < -0.3 is 10.6 Å². The summed E-state index contributed by atoms with van der Waals surface area (Å²) < 4.78 is 0. The molecule has 0 aliphatic heterocycles. The van der Waals surface area contributed by atoms with Crippen molar-refractivity contribution in [2.45, 2.75) is 32.6 Å². The third-order valence-electron chi connectivity index (χ3n) is 5.37. The molecule has 1 aromatic heterocycles. The van der Waals surface area contributed by atoms with E-state index < -0.39 is 0 Å². The lowest BCUT2D eigenvalue weighted by Crippen LogP contribution is -2.21. The minimum absolute atomic E-state index is 0.0681. The zero-order valence-corrected chi connectivity index (χ0v) is 16.9. The molecule has 1 heterocycles. The highest BCUT2D eigenvalue weighted by atomic mass is 16.2. The number of benzene rings is 2. The zero-order valence-electron chi connectivity index (χ0n) is 16.9. The maximum Gasteiger partial charge on any atom is 0.228 e. The van der Waals surface area contributed by atoms with Gasteiger partial charge in [-0.2, -0.15) is 0 Å². The molecule has 0 radical (unpaired) electrons. The molecule has 2 aromatic carbocycles. The van der Waals surface area contributed by atoms with Crippen molar-refractivity contribution < 1.29 is 9.59 Å². The molecule has 29 heavy (non-hydrogen) atoms. The highest BCUT2D eigenvalue weighted by Gasteiger charge is 2.48. The van der Waals surface area contributed by atoms with Crippen LogP contribution in [0, 0.1) is 11.8 Å². The van der Waals surface area contributed by atoms with Crippen LogP contribution < -0.4 is 10.6 Å². The lowest BCUT2D eigenvalue weighted by Gasteiger charge is -2.19. The van der Waals surface area contributed by atoms with E-state index in [0.29, 0.717) is 12.1 Å². The lowest BCUT2D eigenvalue weighted by atomic mass is 9.87. The minimum Gasteiger partial charge on any atom is -0.326 e. The molecule has 1 saturated carbocycles. The molecule has 4 rings (SSSR count). The minimum atomic E-state index is -0.303. The summed E-state index contributed by atoms with van der Waals surface area (Å²) in [5, 5.41) is 6.83. The van der Waals surface area contributed by atoms with E-state index >= 15 is 0 Å². The van der Waals surface area contributed by atoms with Gasteiger partial charge in [0.15, 0.2) is 0 Å². The highest BCUT2D eigenvalue weighted by Crippen LogP contribution is 2.40. The van der Waals surface area contributed by atoms with Crippen LogP contribution in [0.15, 0.2) is 60.8 Å². The number of aromatic nitrogens is 1. The van der Waals surface area contributed by atoms with Gasteiger partial charge in [-0.05, 0) is 41.7 Å². The maximum atomic E-state index is 12.6. The van der Waals surface area contributed by atoms with Crippen molar-refractivity contribution in [1.82, 2.24) is 4.98 Å². The average molecular weight is 387 g/mol. The van der Waals surface area contributed by atoms with Crippen molar-refractivity contribution >= 4 is 34.1 Å². The number of nitrogens with zero attached hydrogens (tertiary/aromatic N) is 1. The number of anilines is 2. The van der Waals surface area contributed by atoms with Crippen molar-refractivity contribution in [3.05, 3.63) is 66.4 Å². The van der Waals surface area contributed by atoms with E-state index in [1.165, 1.54) is 5.56 Å². The number of amides is 2. The Morgan fingerprint density at radius 1 is 0.897 bits per heavy atom. The van der Waals surface area contributed by atoms with E-state index in [0.717, 1.165) is 16.6 Å². The van der Waals surface area contributed by atoms with Gasteiger partial charge in [-0.1, -0.05) is 51.1 Å². The van der Waals surface area contributed by atoms with Gasteiger partial charge in [0.2, 0.25) is 11.8 Å². The molecule has 0 saturated heterocycles. The molecule has 3 aromatic rings. The number of hydrogen-bond donors (Lipinski definition) is 2. The summed E-state index contributed by atoms with van der Waals surface area (Å²) in [6, 6.07) is 17.4. The molecule has 5 nitrogen and oxygen atoms in total. The van der Waals surface area contributed by atoms with Gasteiger partial charge in [-0.25, -0.2) is 0 Å². The fourth-order valence-electron chi connectivity index (χ4n) is 3.49. The molecule has 2 atom stereocenters. The molecular weight excluding hydrogens is 362 g/mol. The van der Waals surface area contributed by atoms with Crippen LogP contribution in [0.1, 0.15) is 32.8 Å². The Morgan fingerprint density at radius 2 is 1.55 bits per heavy atom. The molecule has 1 fully saturated rings. The summed E-state index contributed by atoms with van der Waals surface area (Å²) in [4.78, 5) is 29.5. The molecule has 148 valence electrons. The quantitative estimate of drug-likeness (QED) is 0.679. The van der Waals surface area contributed by atoms with Crippen LogP contribution in [0.4, 0.5) is 11.4 Å². The molecular formula is C24H25N3O2. The zero-order chi connectivity index (χ0) is 20.6. The van der Waals surface area contributed by atoms with E-state index in [2.05, 4.69) is 36.4 Å². The monoisotopic (exact) mass is 387 g/mol. The molecule has 0 bridgehead atoms. The highest BCUT2D eigenvalue weighted by molar-refractivity contribution is 6.06. The fourth-order valence-corrected chi connectivity index (χ4v) is 3.49. The third kappa shape index (κ3) is 4.14. The summed E-state index contributed by atoms with van der Waals surface area (Å²) >= 11 is 0. The normalized spacial score (nSPS) is 18.3. The summed E-state index contributed by atoms with van der Waals surface area (Å²) in [5.74, 6) is -0.834. The van der Waals surface area contributed by atoms with Crippen molar-refractivity contribution in [3.8, 4) is 0 Å². The first-order valence-electron chi connectivity index (χ1n) is 9.89. The number of hydrogen-bond acceptors (Lipinski definition) is 3. The van der Waals surface area contributed by atoms with E-state index in [-0.39, 0.29) is 29.1 Å². The number of para-hydroxylation sites is 1. The molecule has 2 N–H and O–H groups in total. The van der Waals surface area contributed by atoms with Crippen molar-refractivity contribution in [2.24, 2.45) is 11.8 Å². The second kappa shape index (κ2) is 7.32. The van der Waals surface area contributed by atoms with E-state index in [1.807, 2.05) is 54.6 Å². The Kier molecular flexibility index (Phi) is 4.82. The fraction of sp³-hybridized carbons (Fsp3) is 0.292. The van der Waals surface area contributed by atoms with Gasteiger partial charge in [0.25, 0.3) is 0 Å². The van der Waals surface area contributed by atoms with Crippen LogP contribution in [0.2, 0.25) is 0 Å². The van der Waals surface area contributed by atoms with Crippen molar-refractivity contribution in [2.75, 3.05) is 10.6 Å². The van der Waals surface area contributed by atoms with Crippen LogP contribution >= 0.6 is 0 Å². The van der Waals surface area contributed by atoms with Gasteiger partial charge in [-0.15, -0.1) is 0 Å². The van der Waals surface area contributed by atoms with Crippen LogP contribution in [-0.4, -0.2) is 16.8 Å². The molecule has 1 aliphatic carbocycles. The number of carbonyl (C=O) groups is 2. The topological polar surface area (TPSA) is 71.1 Å². The van der Waals surface area contributed by atoms with Gasteiger partial charge in [0.1, 0.15) is 0 Å². The Hall–Kier alpha value is -3.21. The summed E-state index contributed by atoms with van der Waals surface area (Å²) in [6.45, 7) is 6.46. The lowest BCUT2D eigenvalue weighted by molar-refractivity contribution is -0.122. The summed E-state index contributed by atoms with van der Waals surface area (Å²) in [7, 11) is 0. The number of carbonyl (C=O) groups excluding carboxylic acids is 2. The second-order valence-electron chi connectivity index (χ2n) is 8.64. The number of rotatable bonds is 4. The first kappa shape index (κ1) is 19.1. The Balaban J connectivity index is 1.37. The largest absolute Gasteiger partial charge is 0.326 e. The molecule has 1 aliphatic rings. The first-order chi connectivity index (χ1) is 13.8. The SMILES string of the molecule is CC(C)(C)c1ccc(NC(=O)C2CC2C(=O)Nc2cccc3cccnc23)cc1. The van der Waals surface area contributed by atoms with Crippen molar-refractivity contribution in [1.29, 1.82) is 0 Å². The summed E-state index contributed by atoms with van der Waals surface area (Å²) in [5.41, 5.74) is 3.47. The second-order valence-corrected chi connectivity index (χ2v) is 8.64. The number of nitrogens with one attached hydrogen (secondary N) is 2. The standard InChI is InChI=1S/C24H25N3O2/c1-24(2,3)16-9-11-17(12-10-16)26-22(28)18-14-19(18)23(29)27-20-8-4-6-15-7-5-13-25-21(15)20/h4-13,18-19H,14H2,1-3H3,(H,26,28)(H,27,29). The van der Waals surface area contributed by atoms with Crippen LogP contribution in [0.5, 0.6) is 0 Å². The average Bonchev–Trinajstić information content (AvgIpc) is 3.49. The molecule has 5 heteroatoms. The number of pyridine rings is 1. The maximum absolute atomic E-state index is 12.6. The van der Waals surface area contributed by atoms with Crippen LogP contribution in [0.3, 0.4) is 0 Å². The van der Waals surface area contributed by atoms with Crippen LogP contribution in [0.25, 0.3) is 10.9 Å². The van der Waals surface area contributed by atoms with Crippen LogP contribution in [-0.2, 0) is 15.0 Å². The molecule has 2 unspecified atom stereocenters. The summed E-state index contributed by atoms with van der Waals surface area (Å²) in [6.07, 6.45) is 2.27. The van der Waals surface area contributed by atoms with Gasteiger partial charge in [-0.3, -0.25) is 14.6 Å². The smallest absolute Gasteiger partial charge is 0.228 e. The predicted octanol–water partition coefficient (Wildman–Crippen LogP) is 4.75.